The number of pyridine rings is 2. The van der Waals surface area contributed by atoms with E-state index >= 15 is 0 Å². The number of nitrogens with one attached hydrogen (secondary N) is 1. The highest BCUT2D eigenvalue weighted by molar-refractivity contribution is 5.79. The first kappa shape index (κ1) is 19.9. The molecule has 1 aliphatic carbocycles. The van der Waals surface area contributed by atoms with Crippen LogP contribution in [0.5, 0.6) is 0 Å². The summed E-state index contributed by atoms with van der Waals surface area (Å²) in [5.41, 5.74) is 3.37. The third-order valence-electron chi connectivity index (χ3n) is 5.36. The zero-order valence-corrected chi connectivity index (χ0v) is 17.3. The Morgan fingerprint density at radius 1 is 1.20 bits per heavy atom. The lowest BCUT2D eigenvalue weighted by Crippen LogP contribution is -2.35. The van der Waals surface area contributed by atoms with Crippen molar-refractivity contribution in [3.63, 3.8) is 0 Å². The zero-order valence-electron chi connectivity index (χ0n) is 17.3. The zero-order chi connectivity index (χ0) is 21.1. The summed E-state index contributed by atoms with van der Waals surface area (Å²) < 4.78 is 0. The molecule has 0 bridgehead atoms. The highest BCUT2D eigenvalue weighted by Crippen LogP contribution is 2.30. The fourth-order valence-electron chi connectivity index (χ4n) is 3.40. The number of amides is 1. The van der Waals surface area contributed by atoms with E-state index in [9.17, 15) is 9.59 Å². The number of carbonyl (C=O) groups excluding carboxylic acids is 1. The van der Waals surface area contributed by atoms with Gasteiger partial charge in [0.1, 0.15) is 5.82 Å². The maximum Gasteiger partial charge on any atom is 0.255 e. The Balaban J connectivity index is 1.54. The van der Waals surface area contributed by atoms with Crippen molar-refractivity contribution >= 4 is 5.91 Å². The Bertz CT molecular complexity index is 1090. The van der Waals surface area contributed by atoms with Gasteiger partial charge in [-0.1, -0.05) is 6.07 Å². The summed E-state index contributed by atoms with van der Waals surface area (Å²) in [5.74, 6) is 0.951. The van der Waals surface area contributed by atoms with Gasteiger partial charge in [-0.25, -0.2) is 4.98 Å². The lowest BCUT2D eigenvalue weighted by Gasteiger charge is -2.23. The minimum absolute atomic E-state index is 0.0352. The van der Waals surface area contributed by atoms with Gasteiger partial charge in [0, 0.05) is 54.2 Å². The number of nitrogens with zero attached hydrogens (tertiary/aromatic N) is 4. The van der Waals surface area contributed by atoms with Crippen LogP contribution in [0.4, 0.5) is 0 Å². The molecule has 3 aromatic rings. The van der Waals surface area contributed by atoms with Crippen LogP contribution in [0.15, 0.2) is 47.7 Å². The van der Waals surface area contributed by atoms with Crippen molar-refractivity contribution < 1.29 is 4.79 Å². The van der Waals surface area contributed by atoms with Crippen LogP contribution in [0, 0.1) is 19.8 Å². The fraction of sp³-hybridized carbons (Fsp3) is 0.348. The molecular formula is C23H25N5O2. The lowest BCUT2D eigenvalue weighted by atomic mass is 10.1. The molecule has 1 amide bonds. The molecule has 0 saturated heterocycles. The molecule has 0 aromatic carbocycles. The number of aryl methyl sites for hydroxylation is 2. The van der Waals surface area contributed by atoms with Gasteiger partial charge in [0.15, 0.2) is 0 Å². The minimum atomic E-state index is -0.280. The second-order valence-corrected chi connectivity index (χ2v) is 7.92. The predicted molar refractivity (Wildman–Crippen MR) is 114 cm³/mol. The van der Waals surface area contributed by atoms with Gasteiger partial charge in [-0.05, 0) is 56.4 Å². The standard InChI is InChI=1S/C23H25N5O2/c1-15-5-6-18(11-25-15)14-28(13-17-7-8-17)21(29)10-20-16(2)26-22(27-23(20)30)19-4-3-9-24-12-19/h3-6,9,11-12,17H,7-8,10,13-14H2,1-2H3,(H,26,27,30). The van der Waals surface area contributed by atoms with Crippen LogP contribution < -0.4 is 5.56 Å². The maximum absolute atomic E-state index is 13.1. The number of rotatable bonds is 7. The summed E-state index contributed by atoms with van der Waals surface area (Å²) in [4.78, 5) is 43.4. The van der Waals surface area contributed by atoms with Crippen LogP contribution in [0.1, 0.15) is 35.4 Å². The number of hydrogen-bond donors (Lipinski definition) is 1. The Hall–Kier alpha value is -3.35. The molecule has 7 nitrogen and oxygen atoms in total. The predicted octanol–water partition coefficient (Wildman–Crippen LogP) is 2.83. The Morgan fingerprint density at radius 2 is 2.03 bits per heavy atom. The molecule has 1 fully saturated rings. The van der Waals surface area contributed by atoms with Crippen LogP contribution >= 0.6 is 0 Å². The molecule has 0 spiro atoms. The van der Waals surface area contributed by atoms with Gasteiger partial charge in [-0.2, -0.15) is 0 Å². The van der Waals surface area contributed by atoms with Gasteiger partial charge < -0.3 is 9.88 Å². The topological polar surface area (TPSA) is 91.8 Å². The van der Waals surface area contributed by atoms with E-state index in [0.717, 1.165) is 29.7 Å². The van der Waals surface area contributed by atoms with Gasteiger partial charge in [-0.15, -0.1) is 0 Å². The average molecular weight is 403 g/mol. The van der Waals surface area contributed by atoms with Gasteiger partial charge >= 0.3 is 0 Å². The molecule has 1 N–H and O–H groups in total. The quantitative estimate of drug-likeness (QED) is 0.655. The number of H-pyrrole nitrogens is 1. The molecular weight excluding hydrogens is 378 g/mol. The Labute approximate surface area is 175 Å². The number of carbonyl (C=O) groups is 1. The van der Waals surface area contributed by atoms with Crippen molar-refractivity contribution in [2.24, 2.45) is 5.92 Å². The van der Waals surface area contributed by atoms with Gasteiger partial charge in [0.2, 0.25) is 5.91 Å². The molecule has 154 valence electrons. The van der Waals surface area contributed by atoms with Crippen molar-refractivity contribution in [1.29, 1.82) is 0 Å². The van der Waals surface area contributed by atoms with Crippen molar-refractivity contribution in [3.8, 4) is 11.4 Å². The molecule has 0 unspecified atom stereocenters. The van der Waals surface area contributed by atoms with Crippen molar-refractivity contribution in [2.75, 3.05) is 6.54 Å². The number of aromatic amines is 1. The maximum atomic E-state index is 13.1. The van der Waals surface area contributed by atoms with Gasteiger partial charge in [0.05, 0.1) is 6.42 Å². The summed E-state index contributed by atoms with van der Waals surface area (Å²) >= 11 is 0. The molecule has 7 heteroatoms. The molecule has 3 aromatic heterocycles. The molecule has 1 aliphatic rings. The first-order valence-corrected chi connectivity index (χ1v) is 10.2. The lowest BCUT2D eigenvalue weighted by molar-refractivity contribution is -0.131. The largest absolute Gasteiger partial charge is 0.338 e. The summed E-state index contributed by atoms with van der Waals surface area (Å²) in [7, 11) is 0. The summed E-state index contributed by atoms with van der Waals surface area (Å²) in [5, 5.41) is 0. The van der Waals surface area contributed by atoms with Crippen LogP contribution in [0.3, 0.4) is 0 Å². The Morgan fingerprint density at radius 3 is 2.67 bits per heavy atom. The van der Waals surface area contributed by atoms with E-state index in [-0.39, 0.29) is 17.9 Å². The van der Waals surface area contributed by atoms with E-state index in [2.05, 4.69) is 19.9 Å². The van der Waals surface area contributed by atoms with Crippen LogP contribution in [-0.2, 0) is 17.8 Å². The highest BCUT2D eigenvalue weighted by atomic mass is 16.2. The monoisotopic (exact) mass is 403 g/mol. The van der Waals surface area contributed by atoms with E-state index in [1.165, 1.54) is 0 Å². The fourth-order valence-corrected chi connectivity index (χ4v) is 3.40. The molecule has 4 rings (SSSR count). The van der Waals surface area contributed by atoms with E-state index in [1.54, 1.807) is 25.4 Å². The second-order valence-electron chi connectivity index (χ2n) is 7.92. The SMILES string of the molecule is Cc1ccc(CN(CC2CC2)C(=O)Cc2c(C)nc(-c3cccnc3)[nH]c2=O)cn1. The molecule has 1 saturated carbocycles. The molecule has 0 atom stereocenters. The number of aromatic nitrogens is 4. The van der Waals surface area contributed by atoms with Crippen molar-refractivity contribution in [1.82, 2.24) is 24.8 Å². The van der Waals surface area contributed by atoms with Crippen molar-refractivity contribution in [3.05, 3.63) is 75.7 Å². The third kappa shape index (κ3) is 4.79. The normalized spacial score (nSPS) is 13.3. The summed E-state index contributed by atoms with van der Waals surface area (Å²) in [6.07, 6.45) is 7.46. The Kier molecular flexibility index (Phi) is 5.70. The highest BCUT2D eigenvalue weighted by Gasteiger charge is 2.27. The average Bonchev–Trinajstić information content (AvgIpc) is 3.56. The van der Waals surface area contributed by atoms with Crippen LogP contribution in [0.25, 0.3) is 11.4 Å². The minimum Gasteiger partial charge on any atom is -0.338 e. The molecule has 30 heavy (non-hydrogen) atoms. The smallest absolute Gasteiger partial charge is 0.255 e. The number of hydrogen-bond acceptors (Lipinski definition) is 5. The van der Waals surface area contributed by atoms with Crippen LogP contribution in [-0.4, -0.2) is 37.3 Å². The first-order chi connectivity index (χ1) is 14.5. The van der Waals surface area contributed by atoms with E-state index in [1.807, 2.05) is 36.2 Å². The van der Waals surface area contributed by atoms with E-state index in [4.69, 9.17) is 0 Å². The van der Waals surface area contributed by atoms with E-state index < -0.39 is 0 Å². The molecule has 0 aliphatic heterocycles. The summed E-state index contributed by atoms with van der Waals surface area (Å²) in [6.45, 7) is 4.92. The summed E-state index contributed by atoms with van der Waals surface area (Å²) in [6, 6.07) is 7.57. The third-order valence-corrected chi connectivity index (χ3v) is 5.36. The molecule has 0 radical (unpaired) electrons. The van der Waals surface area contributed by atoms with Gasteiger partial charge in [0.25, 0.3) is 5.56 Å². The van der Waals surface area contributed by atoms with Crippen molar-refractivity contribution in [2.45, 2.75) is 39.7 Å². The molecule has 3 heterocycles. The van der Waals surface area contributed by atoms with Gasteiger partial charge in [-0.3, -0.25) is 19.6 Å². The first-order valence-electron chi connectivity index (χ1n) is 10.2. The van der Waals surface area contributed by atoms with E-state index in [0.29, 0.717) is 36.1 Å². The second kappa shape index (κ2) is 8.57. The van der Waals surface area contributed by atoms with Crippen LogP contribution in [0.2, 0.25) is 0 Å².